The highest BCUT2D eigenvalue weighted by atomic mass is 35.5. The monoisotopic (exact) mass is 411 g/mol. The van der Waals surface area contributed by atoms with E-state index in [1.165, 1.54) is 0 Å². The maximum atomic E-state index is 12.6. The summed E-state index contributed by atoms with van der Waals surface area (Å²) in [6, 6.07) is 14.2. The van der Waals surface area contributed by atoms with Gasteiger partial charge in [0.25, 0.3) is 5.56 Å². The molecule has 2 N–H and O–H groups in total. The molecule has 5 rings (SSSR count). The third-order valence-corrected chi connectivity index (χ3v) is 5.14. The highest BCUT2D eigenvalue weighted by molar-refractivity contribution is 6.35. The maximum Gasteiger partial charge on any atom is 0.288 e. The minimum atomic E-state index is -0.559. The Morgan fingerprint density at radius 3 is 2.68 bits per heavy atom. The Kier molecular flexibility index (Phi) is 3.88. The molecule has 138 valence electrons. The van der Waals surface area contributed by atoms with Crippen LogP contribution >= 0.6 is 23.2 Å². The minimum Gasteiger partial charge on any atom is -0.318 e. The number of nitrogens with one attached hydrogen (secondary N) is 2. The van der Waals surface area contributed by atoms with Gasteiger partial charge in [-0.3, -0.25) is 4.79 Å². The van der Waals surface area contributed by atoms with Crippen LogP contribution in [0.3, 0.4) is 0 Å². The van der Waals surface area contributed by atoms with Crippen LogP contribution < -0.4 is 10.9 Å². The van der Waals surface area contributed by atoms with E-state index < -0.39 is 6.04 Å². The van der Waals surface area contributed by atoms with Gasteiger partial charge in [0.1, 0.15) is 11.7 Å². The number of rotatable bonds is 2. The zero-order chi connectivity index (χ0) is 19.3. The average molecular weight is 412 g/mol. The van der Waals surface area contributed by atoms with Gasteiger partial charge in [-0.05, 0) is 22.6 Å². The van der Waals surface area contributed by atoms with Crippen molar-refractivity contribution < 1.29 is 0 Å². The van der Waals surface area contributed by atoms with Crippen molar-refractivity contribution >= 4 is 34.8 Å². The van der Waals surface area contributed by atoms with E-state index in [1.54, 1.807) is 22.9 Å². The number of aromatic nitrogens is 6. The molecule has 4 aromatic rings. The Morgan fingerprint density at radius 2 is 1.89 bits per heavy atom. The summed E-state index contributed by atoms with van der Waals surface area (Å²) in [7, 11) is 0. The fourth-order valence-electron chi connectivity index (χ4n) is 3.36. The van der Waals surface area contributed by atoms with Crippen molar-refractivity contribution in [3.05, 3.63) is 80.1 Å². The van der Waals surface area contributed by atoms with Crippen LogP contribution in [0, 0.1) is 0 Å². The van der Waals surface area contributed by atoms with Crippen molar-refractivity contribution in [3.8, 4) is 11.3 Å². The molecule has 10 heteroatoms. The van der Waals surface area contributed by atoms with E-state index in [-0.39, 0.29) is 5.56 Å². The predicted octanol–water partition coefficient (Wildman–Crippen LogP) is 3.42. The van der Waals surface area contributed by atoms with Gasteiger partial charge in [-0.15, -0.1) is 0 Å². The van der Waals surface area contributed by atoms with Gasteiger partial charge in [0.15, 0.2) is 0 Å². The molecule has 1 aliphatic rings. The molecule has 2 aromatic carbocycles. The number of anilines is 2. The van der Waals surface area contributed by atoms with E-state index in [0.717, 1.165) is 5.56 Å². The summed E-state index contributed by atoms with van der Waals surface area (Å²) in [4.78, 5) is 12.6. The second kappa shape index (κ2) is 6.43. The SMILES string of the molecule is O=c1[nH]nc(-c2ccccc2)c2c1Nc1nnnn1[C@H]2c1ccc(Cl)cc1Cl. The van der Waals surface area contributed by atoms with E-state index >= 15 is 0 Å². The average Bonchev–Trinajstić information content (AvgIpc) is 3.17. The number of halogens is 2. The standard InChI is InChI=1S/C18H11Cl2N7O/c19-10-6-7-11(12(20)8-10)16-13-14(9-4-2-1-3-5-9)22-23-17(28)15(13)21-18-24-25-26-27(16)18/h1-8,16H,(H,23,28)(H,21,24,26)/t16-/m0/s1. The molecule has 8 nitrogen and oxygen atoms in total. The van der Waals surface area contributed by atoms with E-state index in [1.807, 2.05) is 30.3 Å². The highest BCUT2D eigenvalue weighted by Crippen LogP contribution is 2.43. The fraction of sp³-hybridized carbons (Fsp3) is 0.0556. The van der Waals surface area contributed by atoms with Crippen LogP contribution in [-0.4, -0.2) is 30.4 Å². The largest absolute Gasteiger partial charge is 0.318 e. The molecule has 0 amide bonds. The summed E-state index contributed by atoms with van der Waals surface area (Å²) in [5.74, 6) is 0.333. The van der Waals surface area contributed by atoms with Crippen LogP contribution in [0.2, 0.25) is 10.0 Å². The smallest absolute Gasteiger partial charge is 0.288 e. The molecule has 0 radical (unpaired) electrons. The molecular weight excluding hydrogens is 401 g/mol. The molecule has 0 bridgehead atoms. The third-order valence-electron chi connectivity index (χ3n) is 4.57. The minimum absolute atomic E-state index is 0.326. The van der Waals surface area contributed by atoms with Gasteiger partial charge in [-0.1, -0.05) is 64.7 Å². The Labute approximate surface area is 168 Å². The zero-order valence-electron chi connectivity index (χ0n) is 14.1. The van der Waals surface area contributed by atoms with Gasteiger partial charge < -0.3 is 5.32 Å². The molecule has 1 aliphatic heterocycles. The van der Waals surface area contributed by atoms with Crippen molar-refractivity contribution in [2.45, 2.75) is 6.04 Å². The topological polar surface area (TPSA) is 101 Å². The Balaban J connectivity index is 1.85. The maximum absolute atomic E-state index is 12.6. The first-order chi connectivity index (χ1) is 13.6. The molecule has 2 aromatic heterocycles. The van der Waals surface area contributed by atoms with Crippen molar-refractivity contribution in [1.29, 1.82) is 0 Å². The molecular formula is C18H11Cl2N7O. The third kappa shape index (κ3) is 2.57. The number of aromatic amines is 1. The lowest BCUT2D eigenvalue weighted by molar-refractivity contribution is 0.567. The van der Waals surface area contributed by atoms with Crippen LogP contribution in [0.1, 0.15) is 17.2 Å². The summed E-state index contributed by atoms with van der Waals surface area (Å²) in [5.41, 5.74) is 2.71. The van der Waals surface area contributed by atoms with Crippen LogP contribution in [-0.2, 0) is 0 Å². The molecule has 3 heterocycles. The lowest BCUT2D eigenvalue weighted by Gasteiger charge is -2.28. The summed E-state index contributed by atoms with van der Waals surface area (Å²) < 4.78 is 1.57. The van der Waals surface area contributed by atoms with Crippen molar-refractivity contribution in [3.63, 3.8) is 0 Å². The van der Waals surface area contributed by atoms with Gasteiger partial charge in [-0.2, -0.15) is 9.78 Å². The first-order valence-corrected chi connectivity index (χ1v) is 9.07. The lowest BCUT2D eigenvalue weighted by Crippen LogP contribution is -2.29. The van der Waals surface area contributed by atoms with E-state index in [0.29, 0.717) is 38.5 Å². The molecule has 0 aliphatic carbocycles. The van der Waals surface area contributed by atoms with E-state index in [9.17, 15) is 4.79 Å². The molecule has 0 saturated carbocycles. The van der Waals surface area contributed by atoms with Crippen LogP contribution in [0.4, 0.5) is 11.6 Å². The molecule has 1 atom stereocenters. The Hall–Kier alpha value is -3.23. The lowest BCUT2D eigenvalue weighted by atomic mass is 9.92. The predicted molar refractivity (Wildman–Crippen MR) is 105 cm³/mol. The second-order valence-corrected chi connectivity index (χ2v) is 7.04. The summed E-state index contributed by atoms with van der Waals surface area (Å²) in [5, 5.41) is 22.6. The van der Waals surface area contributed by atoms with Gasteiger partial charge >= 0.3 is 0 Å². The molecule has 28 heavy (non-hydrogen) atoms. The molecule has 0 saturated heterocycles. The number of hydrogen-bond donors (Lipinski definition) is 2. The number of benzene rings is 2. The number of tetrazole rings is 1. The first kappa shape index (κ1) is 16.9. The molecule has 0 spiro atoms. The van der Waals surface area contributed by atoms with Gasteiger partial charge in [0.05, 0.1) is 5.69 Å². The Bertz CT molecular complexity index is 1250. The van der Waals surface area contributed by atoms with Crippen LogP contribution in [0.5, 0.6) is 0 Å². The van der Waals surface area contributed by atoms with Gasteiger partial charge in [0.2, 0.25) is 5.95 Å². The first-order valence-electron chi connectivity index (χ1n) is 8.31. The number of nitrogens with zero attached hydrogens (tertiary/aromatic N) is 5. The van der Waals surface area contributed by atoms with E-state index in [2.05, 4.69) is 31.0 Å². The van der Waals surface area contributed by atoms with Crippen molar-refractivity contribution in [1.82, 2.24) is 30.4 Å². The zero-order valence-corrected chi connectivity index (χ0v) is 15.6. The Morgan fingerprint density at radius 1 is 1.07 bits per heavy atom. The highest BCUT2D eigenvalue weighted by Gasteiger charge is 2.35. The van der Waals surface area contributed by atoms with Crippen molar-refractivity contribution in [2.24, 2.45) is 0 Å². The quantitative estimate of drug-likeness (QED) is 0.461. The normalized spacial score (nSPS) is 14.9. The van der Waals surface area contributed by atoms with Gasteiger partial charge in [-0.25, -0.2) is 5.10 Å². The summed E-state index contributed by atoms with van der Waals surface area (Å²) in [6.07, 6.45) is 0. The second-order valence-electron chi connectivity index (χ2n) is 6.20. The number of hydrogen-bond acceptors (Lipinski definition) is 6. The van der Waals surface area contributed by atoms with Gasteiger partial charge in [0, 0.05) is 26.7 Å². The molecule has 0 unspecified atom stereocenters. The van der Waals surface area contributed by atoms with Crippen LogP contribution in [0.15, 0.2) is 53.3 Å². The molecule has 0 fully saturated rings. The van der Waals surface area contributed by atoms with Crippen molar-refractivity contribution in [2.75, 3.05) is 5.32 Å². The van der Waals surface area contributed by atoms with E-state index in [4.69, 9.17) is 23.2 Å². The summed E-state index contributed by atoms with van der Waals surface area (Å²) in [6.45, 7) is 0. The fourth-order valence-corrected chi connectivity index (χ4v) is 3.88. The number of fused-ring (bicyclic) bond motifs is 2. The van der Waals surface area contributed by atoms with Crippen LogP contribution in [0.25, 0.3) is 11.3 Å². The summed E-state index contributed by atoms with van der Waals surface area (Å²) >= 11 is 12.6. The number of H-pyrrole nitrogens is 1.